The summed E-state index contributed by atoms with van der Waals surface area (Å²) in [6.07, 6.45) is 1.01. The Morgan fingerprint density at radius 3 is 2.39 bits per heavy atom. The molecular formula is C14H18N2O2. The molecule has 2 N–H and O–H groups in total. The number of carbonyl (C=O) groups excluding carboxylic acids is 2. The zero-order valence-electron chi connectivity index (χ0n) is 11.0. The Morgan fingerprint density at radius 1 is 1.28 bits per heavy atom. The highest BCUT2D eigenvalue weighted by Crippen LogP contribution is 2.22. The molecule has 1 aliphatic rings. The first-order valence-electron chi connectivity index (χ1n) is 6.15. The summed E-state index contributed by atoms with van der Waals surface area (Å²) in [5.74, 6) is -0.177. The lowest BCUT2D eigenvalue weighted by Gasteiger charge is -2.15. The summed E-state index contributed by atoms with van der Waals surface area (Å²) in [5, 5.41) is 5.59. The maximum absolute atomic E-state index is 12.0. The van der Waals surface area contributed by atoms with Gasteiger partial charge in [-0.05, 0) is 38.3 Å². The van der Waals surface area contributed by atoms with Gasteiger partial charge in [0.15, 0.2) is 0 Å². The second-order valence-corrected chi connectivity index (χ2v) is 4.92. The summed E-state index contributed by atoms with van der Waals surface area (Å²) >= 11 is 0. The fourth-order valence-corrected chi connectivity index (χ4v) is 2.40. The Bertz CT molecular complexity index is 486. The Kier molecular flexibility index (Phi) is 3.36. The standard InChI is InChI=1S/C14H18N2O2/c1-8-6-9(2)13(10(3)7-8)16-14(18)11-4-5-12(17)15-11/h6-7,11H,4-5H2,1-3H3,(H,15,17)(H,16,18)/t11-/m0/s1. The van der Waals surface area contributed by atoms with E-state index >= 15 is 0 Å². The normalized spacial score (nSPS) is 18.6. The third-order valence-electron chi connectivity index (χ3n) is 3.24. The molecule has 1 saturated heterocycles. The lowest BCUT2D eigenvalue weighted by Crippen LogP contribution is -2.37. The maximum Gasteiger partial charge on any atom is 0.246 e. The lowest BCUT2D eigenvalue weighted by atomic mass is 10.0. The predicted molar refractivity (Wildman–Crippen MR) is 70.4 cm³/mol. The molecule has 1 aromatic carbocycles. The molecule has 0 bridgehead atoms. The average molecular weight is 246 g/mol. The molecule has 0 aliphatic carbocycles. The summed E-state index contributed by atoms with van der Waals surface area (Å²) in [4.78, 5) is 23.1. The first-order valence-corrected chi connectivity index (χ1v) is 6.15. The number of nitrogens with one attached hydrogen (secondary N) is 2. The molecule has 1 aromatic rings. The monoisotopic (exact) mass is 246 g/mol. The van der Waals surface area contributed by atoms with Gasteiger partial charge in [-0.2, -0.15) is 0 Å². The molecule has 1 fully saturated rings. The van der Waals surface area contributed by atoms with Crippen molar-refractivity contribution in [1.29, 1.82) is 0 Å². The Labute approximate surface area is 107 Å². The van der Waals surface area contributed by atoms with Crippen molar-refractivity contribution in [3.63, 3.8) is 0 Å². The summed E-state index contributed by atoms with van der Waals surface area (Å²) in [6.45, 7) is 5.98. The van der Waals surface area contributed by atoms with Gasteiger partial charge in [0.2, 0.25) is 11.8 Å². The van der Waals surface area contributed by atoms with E-state index in [-0.39, 0.29) is 11.8 Å². The first-order chi connectivity index (χ1) is 8.47. The van der Waals surface area contributed by atoms with Crippen molar-refractivity contribution in [3.05, 3.63) is 28.8 Å². The SMILES string of the molecule is Cc1cc(C)c(NC(=O)[C@@H]2CCC(=O)N2)c(C)c1. The Hall–Kier alpha value is -1.84. The maximum atomic E-state index is 12.0. The Morgan fingerprint density at radius 2 is 1.89 bits per heavy atom. The van der Waals surface area contributed by atoms with E-state index in [1.807, 2.05) is 32.9 Å². The second-order valence-electron chi connectivity index (χ2n) is 4.92. The van der Waals surface area contributed by atoms with Crippen molar-refractivity contribution in [3.8, 4) is 0 Å². The number of hydrogen-bond acceptors (Lipinski definition) is 2. The van der Waals surface area contributed by atoms with Gasteiger partial charge in [-0.15, -0.1) is 0 Å². The van der Waals surface area contributed by atoms with Crippen LogP contribution in [0.4, 0.5) is 5.69 Å². The van der Waals surface area contributed by atoms with Crippen LogP contribution in [0, 0.1) is 20.8 Å². The van der Waals surface area contributed by atoms with Gasteiger partial charge >= 0.3 is 0 Å². The van der Waals surface area contributed by atoms with E-state index in [4.69, 9.17) is 0 Å². The zero-order valence-corrected chi connectivity index (χ0v) is 11.0. The Balaban J connectivity index is 2.14. The summed E-state index contributed by atoms with van der Waals surface area (Å²) < 4.78 is 0. The van der Waals surface area contributed by atoms with Gasteiger partial charge in [-0.1, -0.05) is 17.7 Å². The van der Waals surface area contributed by atoms with E-state index in [0.29, 0.717) is 12.8 Å². The van der Waals surface area contributed by atoms with Gasteiger partial charge in [0.1, 0.15) is 6.04 Å². The van der Waals surface area contributed by atoms with E-state index in [2.05, 4.69) is 10.6 Å². The smallest absolute Gasteiger partial charge is 0.246 e. The predicted octanol–water partition coefficient (Wildman–Crippen LogP) is 1.83. The van der Waals surface area contributed by atoms with Gasteiger partial charge in [0.05, 0.1) is 0 Å². The van der Waals surface area contributed by atoms with Crippen molar-refractivity contribution >= 4 is 17.5 Å². The number of carbonyl (C=O) groups is 2. The molecule has 1 heterocycles. The van der Waals surface area contributed by atoms with Crippen molar-refractivity contribution < 1.29 is 9.59 Å². The molecule has 2 rings (SSSR count). The quantitative estimate of drug-likeness (QED) is 0.836. The third-order valence-corrected chi connectivity index (χ3v) is 3.24. The average Bonchev–Trinajstić information content (AvgIpc) is 2.70. The van der Waals surface area contributed by atoms with Crippen LogP contribution < -0.4 is 10.6 Å². The van der Waals surface area contributed by atoms with Crippen LogP contribution in [0.3, 0.4) is 0 Å². The van der Waals surface area contributed by atoms with E-state index in [1.54, 1.807) is 0 Å². The van der Waals surface area contributed by atoms with Crippen LogP contribution in [-0.2, 0) is 9.59 Å². The van der Waals surface area contributed by atoms with Crippen LogP contribution in [0.2, 0.25) is 0 Å². The van der Waals surface area contributed by atoms with Crippen LogP contribution in [0.25, 0.3) is 0 Å². The molecule has 0 unspecified atom stereocenters. The minimum Gasteiger partial charge on any atom is -0.344 e. The minimum atomic E-state index is -0.391. The number of aryl methyl sites for hydroxylation is 3. The third kappa shape index (κ3) is 2.53. The number of anilines is 1. The molecule has 18 heavy (non-hydrogen) atoms. The van der Waals surface area contributed by atoms with E-state index in [0.717, 1.165) is 16.8 Å². The van der Waals surface area contributed by atoms with Gasteiger partial charge in [0.25, 0.3) is 0 Å². The van der Waals surface area contributed by atoms with Crippen LogP contribution in [0.15, 0.2) is 12.1 Å². The molecule has 4 nitrogen and oxygen atoms in total. The van der Waals surface area contributed by atoms with E-state index in [9.17, 15) is 9.59 Å². The highest BCUT2D eigenvalue weighted by molar-refractivity contribution is 5.99. The van der Waals surface area contributed by atoms with E-state index in [1.165, 1.54) is 5.56 Å². The van der Waals surface area contributed by atoms with Crippen molar-refractivity contribution in [2.75, 3.05) is 5.32 Å². The van der Waals surface area contributed by atoms with Gasteiger partial charge in [0, 0.05) is 12.1 Å². The molecule has 0 aromatic heterocycles. The van der Waals surface area contributed by atoms with Crippen LogP contribution in [-0.4, -0.2) is 17.9 Å². The van der Waals surface area contributed by atoms with Crippen molar-refractivity contribution in [2.45, 2.75) is 39.7 Å². The van der Waals surface area contributed by atoms with Gasteiger partial charge < -0.3 is 10.6 Å². The second kappa shape index (κ2) is 4.80. The summed E-state index contributed by atoms with van der Waals surface area (Å²) in [7, 11) is 0. The lowest BCUT2D eigenvalue weighted by molar-refractivity contribution is -0.122. The fraction of sp³-hybridized carbons (Fsp3) is 0.429. The highest BCUT2D eigenvalue weighted by Gasteiger charge is 2.27. The number of hydrogen-bond donors (Lipinski definition) is 2. The van der Waals surface area contributed by atoms with Crippen LogP contribution in [0.1, 0.15) is 29.5 Å². The molecule has 0 radical (unpaired) electrons. The van der Waals surface area contributed by atoms with Crippen molar-refractivity contribution in [1.82, 2.24) is 5.32 Å². The molecule has 0 spiro atoms. The molecule has 2 amide bonds. The zero-order chi connectivity index (χ0) is 13.3. The highest BCUT2D eigenvalue weighted by atomic mass is 16.2. The molecule has 0 saturated carbocycles. The van der Waals surface area contributed by atoms with Crippen LogP contribution >= 0.6 is 0 Å². The summed E-state index contributed by atoms with van der Waals surface area (Å²) in [5.41, 5.74) is 4.12. The molecular weight excluding hydrogens is 228 g/mol. The van der Waals surface area contributed by atoms with Crippen LogP contribution in [0.5, 0.6) is 0 Å². The first kappa shape index (κ1) is 12.6. The van der Waals surface area contributed by atoms with Gasteiger partial charge in [-0.3, -0.25) is 9.59 Å². The minimum absolute atomic E-state index is 0.0486. The van der Waals surface area contributed by atoms with E-state index < -0.39 is 6.04 Å². The number of amides is 2. The molecule has 1 aliphatic heterocycles. The van der Waals surface area contributed by atoms with Gasteiger partial charge in [-0.25, -0.2) is 0 Å². The fourth-order valence-electron chi connectivity index (χ4n) is 2.40. The number of rotatable bonds is 2. The molecule has 96 valence electrons. The molecule has 4 heteroatoms. The molecule has 1 atom stereocenters. The van der Waals surface area contributed by atoms with Crippen molar-refractivity contribution in [2.24, 2.45) is 0 Å². The summed E-state index contributed by atoms with van der Waals surface area (Å²) in [6, 6.07) is 3.68. The number of benzene rings is 1. The topological polar surface area (TPSA) is 58.2 Å². The largest absolute Gasteiger partial charge is 0.344 e.